The molecule has 0 radical (unpaired) electrons. The van der Waals surface area contributed by atoms with Gasteiger partial charge >= 0.3 is 0 Å². The van der Waals surface area contributed by atoms with Crippen LogP contribution in [0.1, 0.15) is 0 Å². The molecule has 0 saturated heterocycles. The first-order valence-electron chi connectivity index (χ1n) is 8.46. The van der Waals surface area contributed by atoms with Crippen molar-refractivity contribution in [3.63, 3.8) is 0 Å². The maximum absolute atomic E-state index is 6.28. The number of hydrogen-bond donors (Lipinski definition) is 0. The largest absolute Gasteiger partial charge is 0.456 e. The third kappa shape index (κ3) is 2.26. The van der Waals surface area contributed by atoms with E-state index in [1.165, 1.54) is 0 Å². The molecule has 0 bridgehead atoms. The van der Waals surface area contributed by atoms with Crippen LogP contribution in [0.15, 0.2) is 83.9 Å². The molecule has 3 aromatic carbocycles. The van der Waals surface area contributed by atoms with E-state index in [1.54, 1.807) is 11.8 Å². The summed E-state index contributed by atoms with van der Waals surface area (Å²) < 4.78 is 8.32. The van der Waals surface area contributed by atoms with Gasteiger partial charge in [0.15, 0.2) is 0 Å². The van der Waals surface area contributed by atoms with Crippen LogP contribution in [0.2, 0.25) is 0 Å². The molecule has 1 aromatic heterocycles. The van der Waals surface area contributed by atoms with Crippen LogP contribution in [0.25, 0.3) is 28.1 Å². The lowest BCUT2D eigenvalue weighted by atomic mass is 10.0. The summed E-state index contributed by atoms with van der Waals surface area (Å²) in [6.45, 7) is 0. The van der Waals surface area contributed by atoms with E-state index in [0.717, 1.165) is 44.6 Å². The molecule has 0 atom stereocenters. The number of aromatic nitrogens is 2. The topological polar surface area (TPSA) is 27.1 Å². The van der Waals surface area contributed by atoms with Gasteiger partial charge in [0, 0.05) is 16.7 Å². The number of ether oxygens (including phenoxy) is 1. The lowest BCUT2D eigenvalue weighted by Gasteiger charge is -2.10. The smallest absolute Gasteiger partial charge is 0.136 e. The normalized spacial score (nSPS) is 11.7. The zero-order valence-electron chi connectivity index (χ0n) is 14.2. The molecule has 0 N–H and O–H groups in total. The predicted molar refractivity (Wildman–Crippen MR) is 106 cm³/mol. The molecule has 0 saturated carbocycles. The standard InChI is InChI=1S/C22H16N2OS/c1-26-22-20-16-11-5-7-13-18(16)25-19-14-8-6-12-17(19)21(20)24(23-22)15-9-3-2-4-10-15/h2-14H,1H3. The van der Waals surface area contributed by atoms with Crippen LogP contribution in [0.3, 0.4) is 0 Å². The Morgan fingerprint density at radius 2 is 1.38 bits per heavy atom. The quantitative estimate of drug-likeness (QED) is 0.361. The Morgan fingerprint density at radius 1 is 0.769 bits per heavy atom. The molecular formula is C22H16N2OS. The summed E-state index contributed by atoms with van der Waals surface area (Å²) >= 11 is 1.66. The third-order valence-corrected chi connectivity index (χ3v) is 5.24. The summed E-state index contributed by atoms with van der Waals surface area (Å²) in [5.41, 5.74) is 5.36. The first kappa shape index (κ1) is 15.3. The number of hydrogen-bond acceptors (Lipinski definition) is 3. The molecule has 4 aromatic rings. The van der Waals surface area contributed by atoms with Gasteiger partial charge in [-0.2, -0.15) is 5.10 Å². The molecule has 126 valence electrons. The predicted octanol–water partition coefficient (Wildman–Crippen LogP) is 6.03. The Morgan fingerprint density at radius 3 is 2.12 bits per heavy atom. The van der Waals surface area contributed by atoms with Gasteiger partial charge < -0.3 is 4.74 Å². The number of rotatable bonds is 2. The van der Waals surface area contributed by atoms with Crippen molar-refractivity contribution in [2.24, 2.45) is 0 Å². The fraction of sp³-hybridized carbons (Fsp3) is 0.0455. The summed E-state index contributed by atoms with van der Waals surface area (Å²) in [5.74, 6) is 1.71. The zero-order chi connectivity index (χ0) is 17.5. The Hall–Kier alpha value is -2.98. The van der Waals surface area contributed by atoms with Gasteiger partial charge in [-0.05, 0) is 36.6 Å². The van der Waals surface area contributed by atoms with Crippen molar-refractivity contribution in [2.45, 2.75) is 5.03 Å². The molecule has 0 aliphatic carbocycles. The number of thioether (sulfide) groups is 1. The molecule has 1 aliphatic heterocycles. The average molecular weight is 356 g/mol. The highest BCUT2D eigenvalue weighted by Crippen LogP contribution is 2.50. The van der Waals surface area contributed by atoms with Crippen LogP contribution in [0.4, 0.5) is 0 Å². The molecule has 3 nitrogen and oxygen atoms in total. The van der Waals surface area contributed by atoms with Crippen LogP contribution in [0, 0.1) is 0 Å². The summed E-state index contributed by atoms with van der Waals surface area (Å²) in [6, 6.07) is 26.6. The first-order valence-corrected chi connectivity index (χ1v) is 9.68. The Balaban J connectivity index is 1.93. The van der Waals surface area contributed by atoms with Crippen LogP contribution in [-0.4, -0.2) is 16.0 Å². The molecule has 0 fully saturated rings. The van der Waals surface area contributed by atoms with Gasteiger partial charge in [-0.25, -0.2) is 4.68 Å². The van der Waals surface area contributed by atoms with Gasteiger partial charge in [-0.15, -0.1) is 11.8 Å². The number of nitrogens with zero attached hydrogens (tertiary/aromatic N) is 2. The lowest BCUT2D eigenvalue weighted by Crippen LogP contribution is -1.99. The molecule has 1 aliphatic rings. The van der Waals surface area contributed by atoms with Crippen LogP contribution in [-0.2, 0) is 0 Å². The van der Waals surface area contributed by atoms with Crippen molar-refractivity contribution < 1.29 is 4.74 Å². The lowest BCUT2D eigenvalue weighted by molar-refractivity contribution is 0.487. The fourth-order valence-electron chi connectivity index (χ4n) is 3.42. The molecule has 5 rings (SSSR count). The zero-order valence-corrected chi connectivity index (χ0v) is 15.0. The maximum Gasteiger partial charge on any atom is 0.136 e. The second-order valence-corrected chi connectivity index (χ2v) is 6.87. The van der Waals surface area contributed by atoms with Gasteiger partial charge in [0.05, 0.1) is 11.4 Å². The second-order valence-electron chi connectivity index (χ2n) is 6.07. The molecule has 26 heavy (non-hydrogen) atoms. The minimum Gasteiger partial charge on any atom is -0.456 e. The summed E-state index contributed by atoms with van der Waals surface area (Å²) in [5, 5.41) is 5.94. The minimum atomic E-state index is 0.850. The van der Waals surface area contributed by atoms with Crippen LogP contribution in [0.5, 0.6) is 11.5 Å². The summed E-state index contributed by atoms with van der Waals surface area (Å²) in [4.78, 5) is 0. The summed E-state index contributed by atoms with van der Waals surface area (Å²) in [7, 11) is 0. The SMILES string of the molecule is CSc1nn(-c2ccccc2)c2c1-c1ccccc1Oc1ccccc1-2. The van der Waals surface area contributed by atoms with E-state index in [-0.39, 0.29) is 0 Å². The van der Waals surface area contributed by atoms with Crippen LogP contribution >= 0.6 is 11.8 Å². The van der Waals surface area contributed by atoms with E-state index in [1.807, 2.05) is 59.3 Å². The summed E-state index contributed by atoms with van der Waals surface area (Å²) in [6.07, 6.45) is 2.07. The molecule has 4 heteroatoms. The first-order chi connectivity index (χ1) is 12.9. The Labute approximate surface area is 156 Å². The van der Waals surface area contributed by atoms with E-state index >= 15 is 0 Å². The van der Waals surface area contributed by atoms with Gasteiger partial charge in [-0.1, -0.05) is 48.5 Å². The van der Waals surface area contributed by atoms with E-state index in [2.05, 4.69) is 30.5 Å². The van der Waals surface area contributed by atoms with Gasteiger partial charge in [0.25, 0.3) is 0 Å². The van der Waals surface area contributed by atoms with E-state index in [9.17, 15) is 0 Å². The maximum atomic E-state index is 6.28. The van der Waals surface area contributed by atoms with Crippen molar-refractivity contribution >= 4 is 11.8 Å². The molecule has 0 unspecified atom stereocenters. The van der Waals surface area contributed by atoms with Crippen molar-refractivity contribution in [1.29, 1.82) is 0 Å². The molecule has 0 spiro atoms. The van der Waals surface area contributed by atoms with Crippen molar-refractivity contribution in [2.75, 3.05) is 6.26 Å². The fourth-order valence-corrected chi connectivity index (χ4v) is 3.99. The number of fused-ring (bicyclic) bond motifs is 5. The number of para-hydroxylation sites is 3. The van der Waals surface area contributed by atoms with E-state index in [0.29, 0.717) is 0 Å². The molecule has 2 heterocycles. The molecule has 0 amide bonds. The molecular weight excluding hydrogens is 340 g/mol. The van der Waals surface area contributed by atoms with Gasteiger partial charge in [0.2, 0.25) is 0 Å². The number of benzene rings is 3. The van der Waals surface area contributed by atoms with Gasteiger partial charge in [-0.3, -0.25) is 0 Å². The van der Waals surface area contributed by atoms with E-state index < -0.39 is 0 Å². The highest BCUT2D eigenvalue weighted by atomic mass is 32.2. The van der Waals surface area contributed by atoms with Crippen LogP contribution < -0.4 is 4.74 Å². The average Bonchev–Trinajstić information content (AvgIpc) is 3.02. The van der Waals surface area contributed by atoms with Gasteiger partial charge in [0.1, 0.15) is 16.5 Å². The highest BCUT2D eigenvalue weighted by molar-refractivity contribution is 7.98. The van der Waals surface area contributed by atoms with Crippen molar-refractivity contribution in [3.8, 4) is 39.6 Å². The minimum absolute atomic E-state index is 0.850. The second kappa shape index (κ2) is 6.07. The van der Waals surface area contributed by atoms with Crippen molar-refractivity contribution in [3.05, 3.63) is 78.9 Å². The Bertz CT molecular complexity index is 1100. The Kier molecular flexibility index (Phi) is 3.57. The highest BCUT2D eigenvalue weighted by Gasteiger charge is 2.28. The monoisotopic (exact) mass is 356 g/mol. The van der Waals surface area contributed by atoms with E-state index in [4.69, 9.17) is 9.84 Å². The van der Waals surface area contributed by atoms with Crippen molar-refractivity contribution in [1.82, 2.24) is 9.78 Å². The third-order valence-electron chi connectivity index (χ3n) is 4.57.